The van der Waals surface area contributed by atoms with E-state index in [0.717, 1.165) is 24.8 Å². The van der Waals surface area contributed by atoms with Crippen molar-refractivity contribution in [1.82, 2.24) is 0 Å². The molecule has 2 rings (SSSR count). The average Bonchev–Trinajstić information content (AvgIpc) is 2.25. The first-order valence-corrected chi connectivity index (χ1v) is 6.62. The molecule has 0 saturated carbocycles. The van der Waals surface area contributed by atoms with E-state index in [1.807, 2.05) is 13.8 Å². The Morgan fingerprint density at radius 2 is 2.12 bits per heavy atom. The maximum absolute atomic E-state index is 10.1. The number of fused-ring (bicyclic) bond motifs is 1. The standard InChI is InChI=1S/C15H24O2/c1-14(2,17)12-6-8-15(3)7-4-5-11(10-16)13(15)9-12/h5,9,12,16-17H,4,6-8,10H2,1-3H3/t12-,15-/m1/s1. The molecule has 2 aliphatic rings. The number of allylic oxidation sites excluding steroid dienone is 1. The minimum Gasteiger partial charge on any atom is -0.392 e. The van der Waals surface area contributed by atoms with Crippen LogP contribution in [0.15, 0.2) is 23.3 Å². The fraction of sp³-hybridized carbons (Fsp3) is 0.733. The zero-order valence-corrected chi connectivity index (χ0v) is 11.2. The Morgan fingerprint density at radius 1 is 1.41 bits per heavy atom. The minimum atomic E-state index is -0.660. The molecule has 2 heteroatoms. The van der Waals surface area contributed by atoms with Gasteiger partial charge in [0.05, 0.1) is 12.2 Å². The number of rotatable bonds is 2. The second-order valence-electron chi connectivity index (χ2n) is 6.37. The molecule has 2 N–H and O–H groups in total. The van der Waals surface area contributed by atoms with Crippen LogP contribution in [0, 0.1) is 11.3 Å². The van der Waals surface area contributed by atoms with E-state index in [1.165, 1.54) is 12.0 Å². The molecular weight excluding hydrogens is 212 g/mol. The molecule has 0 spiro atoms. The summed E-state index contributed by atoms with van der Waals surface area (Å²) >= 11 is 0. The van der Waals surface area contributed by atoms with Crippen LogP contribution in [0.3, 0.4) is 0 Å². The van der Waals surface area contributed by atoms with Crippen molar-refractivity contribution in [1.29, 1.82) is 0 Å². The van der Waals surface area contributed by atoms with Crippen molar-refractivity contribution in [3.8, 4) is 0 Å². The number of aliphatic hydroxyl groups is 2. The lowest BCUT2D eigenvalue weighted by Crippen LogP contribution is -2.37. The molecule has 0 radical (unpaired) electrons. The van der Waals surface area contributed by atoms with E-state index in [0.29, 0.717) is 0 Å². The van der Waals surface area contributed by atoms with Gasteiger partial charge < -0.3 is 10.2 Å². The largest absolute Gasteiger partial charge is 0.392 e. The highest BCUT2D eigenvalue weighted by Gasteiger charge is 2.39. The second-order valence-corrected chi connectivity index (χ2v) is 6.37. The van der Waals surface area contributed by atoms with Crippen molar-refractivity contribution < 1.29 is 10.2 Å². The van der Waals surface area contributed by atoms with Crippen LogP contribution in [0.25, 0.3) is 0 Å². The Labute approximate surface area is 104 Å². The summed E-state index contributed by atoms with van der Waals surface area (Å²) in [7, 11) is 0. The quantitative estimate of drug-likeness (QED) is 0.774. The third-order valence-corrected chi connectivity index (χ3v) is 4.54. The summed E-state index contributed by atoms with van der Waals surface area (Å²) < 4.78 is 0. The normalized spacial score (nSPS) is 33.8. The lowest BCUT2D eigenvalue weighted by Gasteiger charge is -2.44. The molecule has 17 heavy (non-hydrogen) atoms. The molecule has 2 nitrogen and oxygen atoms in total. The fourth-order valence-electron chi connectivity index (χ4n) is 3.23. The van der Waals surface area contributed by atoms with E-state index >= 15 is 0 Å². The highest BCUT2D eigenvalue weighted by molar-refractivity contribution is 5.41. The van der Waals surface area contributed by atoms with Crippen LogP contribution in [-0.2, 0) is 0 Å². The predicted octanol–water partition coefficient (Wildman–Crippen LogP) is 2.81. The molecule has 0 heterocycles. The van der Waals surface area contributed by atoms with Gasteiger partial charge in [-0.15, -0.1) is 0 Å². The van der Waals surface area contributed by atoms with Crippen molar-refractivity contribution in [3.63, 3.8) is 0 Å². The van der Waals surface area contributed by atoms with Crippen molar-refractivity contribution in [2.75, 3.05) is 6.61 Å². The summed E-state index contributed by atoms with van der Waals surface area (Å²) in [6.07, 6.45) is 8.76. The van der Waals surface area contributed by atoms with Crippen LogP contribution in [0.2, 0.25) is 0 Å². The van der Waals surface area contributed by atoms with E-state index in [9.17, 15) is 10.2 Å². The van der Waals surface area contributed by atoms with Crippen LogP contribution < -0.4 is 0 Å². The van der Waals surface area contributed by atoms with Crippen molar-refractivity contribution in [2.45, 2.75) is 52.1 Å². The van der Waals surface area contributed by atoms with Gasteiger partial charge >= 0.3 is 0 Å². The number of hydrogen-bond acceptors (Lipinski definition) is 2. The second kappa shape index (κ2) is 4.25. The Bertz CT molecular complexity index is 360. The smallest absolute Gasteiger partial charge is 0.0681 e. The monoisotopic (exact) mass is 236 g/mol. The lowest BCUT2D eigenvalue weighted by atomic mass is 9.62. The van der Waals surface area contributed by atoms with Crippen LogP contribution in [0.1, 0.15) is 46.5 Å². The predicted molar refractivity (Wildman–Crippen MR) is 69.6 cm³/mol. The van der Waals surface area contributed by atoms with Gasteiger partial charge in [0.1, 0.15) is 0 Å². The van der Waals surface area contributed by atoms with Crippen LogP contribution in [0.4, 0.5) is 0 Å². The Hall–Kier alpha value is -0.600. The molecule has 0 bridgehead atoms. The Kier molecular flexibility index (Phi) is 3.21. The molecule has 0 aliphatic heterocycles. The molecule has 0 saturated heterocycles. The van der Waals surface area contributed by atoms with Gasteiger partial charge in [0.15, 0.2) is 0 Å². The third-order valence-electron chi connectivity index (χ3n) is 4.54. The van der Waals surface area contributed by atoms with Crippen molar-refractivity contribution in [3.05, 3.63) is 23.3 Å². The zero-order valence-electron chi connectivity index (χ0n) is 11.2. The van der Waals surface area contributed by atoms with Gasteiger partial charge in [0.2, 0.25) is 0 Å². The van der Waals surface area contributed by atoms with E-state index in [-0.39, 0.29) is 17.9 Å². The van der Waals surface area contributed by atoms with Gasteiger partial charge in [0.25, 0.3) is 0 Å². The number of aliphatic hydroxyl groups excluding tert-OH is 1. The summed E-state index contributed by atoms with van der Waals surface area (Å²) in [4.78, 5) is 0. The fourth-order valence-corrected chi connectivity index (χ4v) is 3.23. The Morgan fingerprint density at radius 3 is 2.71 bits per heavy atom. The maximum Gasteiger partial charge on any atom is 0.0681 e. The first-order valence-electron chi connectivity index (χ1n) is 6.62. The average molecular weight is 236 g/mol. The van der Waals surface area contributed by atoms with Crippen molar-refractivity contribution in [2.24, 2.45) is 11.3 Å². The molecule has 0 aromatic carbocycles. The van der Waals surface area contributed by atoms with Gasteiger partial charge in [-0.25, -0.2) is 0 Å². The first kappa shape index (κ1) is 12.8. The van der Waals surface area contributed by atoms with E-state index in [4.69, 9.17) is 0 Å². The first-order chi connectivity index (χ1) is 7.87. The maximum atomic E-state index is 10.1. The highest BCUT2D eigenvalue weighted by atomic mass is 16.3. The molecule has 0 fully saturated rings. The molecule has 0 amide bonds. The van der Waals surface area contributed by atoms with Crippen LogP contribution in [0.5, 0.6) is 0 Å². The van der Waals surface area contributed by atoms with Gasteiger partial charge in [0, 0.05) is 5.92 Å². The molecule has 2 atom stereocenters. The van der Waals surface area contributed by atoms with E-state index < -0.39 is 5.60 Å². The van der Waals surface area contributed by atoms with E-state index in [1.54, 1.807) is 0 Å². The third kappa shape index (κ3) is 2.34. The molecule has 0 aromatic heterocycles. The molecule has 0 unspecified atom stereocenters. The van der Waals surface area contributed by atoms with Crippen LogP contribution in [-0.4, -0.2) is 22.4 Å². The summed E-state index contributed by atoms with van der Waals surface area (Å²) in [5.41, 5.74) is 1.92. The Balaban J connectivity index is 2.38. The van der Waals surface area contributed by atoms with E-state index in [2.05, 4.69) is 19.1 Å². The molecule has 96 valence electrons. The highest BCUT2D eigenvalue weighted by Crippen LogP contribution is 2.49. The summed E-state index contributed by atoms with van der Waals surface area (Å²) in [6.45, 7) is 6.17. The molecule has 2 aliphatic carbocycles. The topological polar surface area (TPSA) is 40.5 Å². The lowest BCUT2D eigenvalue weighted by molar-refractivity contribution is 0.0237. The van der Waals surface area contributed by atoms with Gasteiger partial charge in [-0.2, -0.15) is 0 Å². The zero-order chi connectivity index (χ0) is 12.7. The van der Waals surface area contributed by atoms with Crippen LogP contribution >= 0.6 is 0 Å². The summed E-state index contributed by atoms with van der Waals surface area (Å²) in [5.74, 6) is 0.207. The van der Waals surface area contributed by atoms with Gasteiger partial charge in [-0.1, -0.05) is 19.1 Å². The summed E-state index contributed by atoms with van der Waals surface area (Å²) in [5, 5.41) is 19.6. The number of hydrogen-bond donors (Lipinski definition) is 2. The van der Waals surface area contributed by atoms with Gasteiger partial charge in [-0.05, 0) is 56.1 Å². The molecule has 0 aromatic rings. The van der Waals surface area contributed by atoms with Gasteiger partial charge in [-0.3, -0.25) is 0 Å². The van der Waals surface area contributed by atoms with Crippen molar-refractivity contribution >= 4 is 0 Å². The molecular formula is C15H24O2. The minimum absolute atomic E-state index is 0.125. The summed E-state index contributed by atoms with van der Waals surface area (Å²) in [6, 6.07) is 0. The SMILES string of the molecule is CC(C)(O)[C@H]1C=C2C(CO)=CCC[C@]2(C)CC1.